The maximum absolute atomic E-state index is 12.6. The molecular formula is C22H31N3O4S. The van der Waals surface area contributed by atoms with Crippen molar-refractivity contribution < 1.29 is 17.9 Å². The summed E-state index contributed by atoms with van der Waals surface area (Å²) >= 11 is 0. The van der Waals surface area contributed by atoms with Crippen molar-refractivity contribution in [3.8, 4) is 11.5 Å². The smallest absolute Gasteiger partial charge is 0.240 e. The molecule has 1 fully saturated rings. The summed E-state index contributed by atoms with van der Waals surface area (Å²) in [6, 6.07) is 13.0. The number of para-hydroxylation sites is 2. The number of nitrogens with zero attached hydrogens (tertiary/aromatic N) is 2. The number of hydrogen-bond donors (Lipinski definition) is 1. The molecule has 7 nitrogen and oxygen atoms in total. The van der Waals surface area contributed by atoms with E-state index in [9.17, 15) is 8.42 Å². The standard InChI is InChI=1S/C22H31N3O4S/c1-4-29-21-10-9-19(17-18(21)2)30(26,27)23-11-12-24-13-15-25(16-14-24)20-7-5-6-8-22(20)28-3/h5-10,17,23H,4,11-16H2,1-3H3. The second-order valence-corrected chi connectivity index (χ2v) is 9.03. The van der Waals surface area contributed by atoms with Crippen LogP contribution in [-0.4, -0.2) is 66.3 Å². The normalized spacial score (nSPS) is 15.2. The molecule has 30 heavy (non-hydrogen) atoms. The molecular weight excluding hydrogens is 402 g/mol. The van der Waals surface area contributed by atoms with Gasteiger partial charge in [-0.25, -0.2) is 13.1 Å². The Morgan fingerprint density at radius 1 is 1.03 bits per heavy atom. The molecule has 1 aliphatic heterocycles. The van der Waals surface area contributed by atoms with Crippen LogP contribution in [0.25, 0.3) is 0 Å². The monoisotopic (exact) mass is 433 g/mol. The Balaban J connectivity index is 1.49. The quantitative estimate of drug-likeness (QED) is 0.655. The van der Waals surface area contributed by atoms with Crippen molar-refractivity contribution in [1.82, 2.24) is 9.62 Å². The molecule has 3 rings (SSSR count). The Hall–Kier alpha value is -2.29. The number of piperazine rings is 1. The number of ether oxygens (including phenoxy) is 2. The lowest BCUT2D eigenvalue weighted by molar-refractivity contribution is 0.261. The van der Waals surface area contributed by atoms with Crippen molar-refractivity contribution >= 4 is 15.7 Å². The molecule has 0 atom stereocenters. The van der Waals surface area contributed by atoms with Crippen LogP contribution in [0.2, 0.25) is 0 Å². The minimum absolute atomic E-state index is 0.268. The van der Waals surface area contributed by atoms with Gasteiger partial charge in [0.1, 0.15) is 11.5 Å². The van der Waals surface area contributed by atoms with E-state index in [4.69, 9.17) is 9.47 Å². The molecule has 0 spiro atoms. The van der Waals surface area contributed by atoms with E-state index in [1.54, 1.807) is 25.3 Å². The number of hydrogen-bond acceptors (Lipinski definition) is 6. The molecule has 1 N–H and O–H groups in total. The number of anilines is 1. The molecule has 0 bridgehead atoms. The van der Waals surface area contributed by atoms with Crippen molar-refractivity contribution in [2.75, 3.05) is 57.9 Å². The van der Waals surface area contributed by atoms with Gasteiger partial charge in [-0.3, -0.25) is 4.90 Å². The van der Waals surface area contributed by atoms with Crippen molar-refractivity contribution in [1.29, 1.82) is 0 Å². The lowest BCUT2D eigenvalue weighted by atomic mass is 10.2. The fourth-order valence-electron chi connectivity index (χ4n) is 3.63. The van der Waals surface area contributed by atoms with Gasteiger partial charge in [0.15, 0.2) is 0 Å². The van der Waals surface area contributed by atoms with Gasteiger partial charge < -0.3 is 14.4 Å². The molecule has 8 heteroatoms. The molecule has 1 saturated heterocycles. The second-order valence-electron chi connectivity index (χ2n) is 7.26. The highest BCUT2D eigenvalue weighted by Crippen LogP contribution is 2.28. The number of aryl methyl sites for hydroxylation is 1. The van der Waals surface area contributed by atoms with Crippen molar-refractivity contribution in [3.63, 3.8) is 0 Å². The Labute approximate surface area is 179 Å². The maximum Gasteiger partial charge on any atom is 0.240 e. The summed E-state index contributed by atoms with van der Waals surface area (Å²) in [5.74, 6) is 1.59. The number of nitrogens with one attached hydrogen (secondary N) is 1. The first kappa shape index (κ1) is 22.4. The minimum Gasteiger partial charge on any atom is -0.495 e. The molecule has 0 aliphatic carbocycles. The van der Waals surface area contributed by atoms with E-state index in [1.807, 2.05) is 32.0 Å². The first-order chi connectivity index (χ1) is 14.4. The highest BCUT2D eigenvalue weighted by Gasteiger charge is 2.20. The Bertz CT molecular complexity index is 941. The molecule has 0 saturated carbocycles. The molecule has 0 aromatic heterocycles. The largest absolute Gasteiger partial charge is 0.495 e. The predicted molar refractivity (Wildman–Crippen MR) is 119 cm³/mol. The minimum atomic E-state index is -3.54. The Morgan fingerprint density at radius 3 is 2.43 bits per heavy atom. The van der Waals surface area contributed by atoms with E-state index in [2.05, 4.69) is 20.6 Å². The number of rotatable bonds is 9. The van der Waals surface area contributed by atoms with E-state index in [1.165, 1.54) is 0 Å². The van der Waals surface area contributed by atoms with Crippen LogP contribution in [0.3, 0.4) is 0 Å². The Morgan fingerprint density at radius 2 is 1.77 bits per heavy atom. The van der Waals surface area contributed by atoms with Gasteiger partial charge in [0.25, 0.3) is 0 Å². The highest BCUT2D eigenvalue weighted by molar-refractivity contribution is 7.89. The van der Waals surface area contributed by atoms with Crippen LogP contribution in [0.15, 0.2) is 47.4 Å². The maximum atomic E-state index is 12.6. The van der Waals surface area contributed by atoms with Gasteiger partial charge >= 0.3 is 0 Å². The zero-order valence-electron chi connectivity index (χ0n) is 17.9. The number of benzene rings is 2. The van der Waals surface area contributed by atoms with E-state index < -0.39 is 10.0 Å². The summed E-state index contributed by atoms with van der Waals surface area (Å²) in [5.41, 5.74) is 1.92. The number of methoxy groups -OCH3 is 1. The highest BCUT2D eigenvalue weighted by atomic mass is 32.2. The van der Waals surface area contributed by atoms with E-state index >= 15 is 0 Å². The summed E-state index contributed by atoms with van der Waals surface area (Å²) < 4.78 is 38.9. The predicted octanol–water partition coefficient (Wildman–Crippen LogP) is 2.50. The summed E-state index contributed by atoms with van der Waals surface area (Å²) in [4.78, 5) is 4.85. The summed E-state index contributed by atoms with van der Waals surface area (Å²) in [7, 11) is -1.85. The van der Waals surface area contributed by atoms with Gasteiger partial charge in [-0.1, -0.05) is 12.1 Å². The van der Waals surface area contributed by atoms with E-state index in [0.717, 1.165) is 43.2 Å². The molecule has 0 amide bonds. The average Bonchev–Trinajstić information content (AvgIpc) is 2.75. The summed E-state index contributed by atoms with van der Waals surface area (Å²) in [5, 5.41) is 0. The van der Waals surface area contributed by atoms with Crippen molar-refractivity contribution in [3.05, 3.63) is 48.0 Å². The fourth-order valence-corrected chi connectivity index (χ4v) is 4.74. The molecule has 164 valence electrons. The third-order valence-corrected chi connectivity index (χ3v) is 6.73. The van der Waals surface area contributed by atoms with Crippen molar-refractivity contribution in [2.45, 2.75) is 18.7 Å². The van der Waals surface area contributed by atoms with Gasteiger partial charge in [-0.15, -0.1) is 0 Å². The lowest BCUT2D eigenvalue weighted by Crippen LogP contribution is -2.48. The molecule has 2 aromatic rings. The summed E-state index contributed by atoms with van der Waals surface area (Å²) in [6.45, 7) is 8.88. The van der Waals surface area contributed by atoms with Crippen LogP contribution >= 0.6 is 0 Å². The lowest BCUT2D eigenvalue weighted by Gasteiger charge is -2.36. The molecule has 0 unspecified atom stereocenters. The average molecular weight is 434 g/mol. The summed E-state index contributed by atoms with van der Waals surface area (Å²) in [6.07, 6.45) is 0. The second kappa shape index (κ2) is 10.1. The number of sulfonamides is 1. The molecule has 0 radical (unpaired) electrons. The van der Waals surface area contributed by atoms with Crippen LogP contribution in [0.4, 0.5) is 5.69 Å². The molecule has 1 heterocycles. The molecule has 1 aliphatic rings. The van der Waals surface area contributed by atoms with Crippen LogP contribution in [0.1, 0.15) is 12.5 Å². The topological polar surface area (TPSA) is 71.1 Å². The van der Waals surface area contributed by atoms with Gasteiger partial charge in [-0.2, -0.15) is 0 Å². The first-order valence-electron chi connectivity index (χ1n) is 10.3. The van der Waals surface area contributed by atoms with Crippen LogP contribution in [0.5, 0.6) is 11.5 Å². The van der Waals surface area contributed by atoms with Gasteiger partial charge in [-0.05, 0) is 49.7 Å². The van der Waals surface area contributed by atoms with Crippen LogP contribution in [0, 0.1) is 6.92 Å². The van der Waals surface area contributed by atoms with E-state index in [-0.39, 0.29) is 4.90 Å². The third kappa shape index (κ3) is 5.44. The third-order valence-electron chi connectivity index (χ3n) is 5.27. The zero-order valence-corrected chi connectivity index (χ0v) is 18.7. The first-order valence-corrected chi connectivity index (χ1v) is 11.8. The van der Waals surface area contributed by atoms with Crippen LogP contribution in [-0.2, 0) is 10.0 Å². The van der Waals surface area contributed by atoms with Gasteiger partial charge in [0.2, 0.25) is 10.0 Å². The van der Waals surface area contributed by atoms with Crippen molar-refractivity contribution in [2.24, 2.45) is 0 Å². The van der Waals surface area contributed by atoms with Crippen LogP contribution < -0.4 is 19.1 Å². The van der Waals surface area contributed by atoms with E-state index in [0.29, 0.717) is 25.4 Å². The van der Waals surface area contributed by atoms with Gasteiger partial charge in [0.05, 0.1) is 24.3 Å². The fraction of sp³-hybridized carbons (Fsp3) is 0.455. The SMILES string of the molecule is CCOc1ccc(S(=O)(=O)NCCN2CCN(c3ccccc3OC)CC2)cc1C. The van der Waals surface area contributed by atoms with Gasteiger partial charge in [0, 0.05) is 39.3 Å². The zero-order chi connectivity index (χ0) is 21.6. The Kier molecular flexibility index (Phi) is 7.58. The molecule has 2 aromatic carbocycles.